The number of anilines is 2. The van der Waals surface area contributed by atoms with Crippen molar-refractivity contribution in [2.24, 2.45) is 4.99 Å². The van der Waals surface area contributed by atoms with E-state index in [9.17, 15) is 0 Å². The summed E-state index contributed by atoms with van der Waals surface area (Å²) in [5.74, 6) is 0. The summed E-state index contributed by atoms with van der Waals surface area (Å²) in [6, 6.07) is 8.05. The van der Waals surface area contributed by atoms with Crippen LogP contribution in [-0.2, 0) is 0 Å². The first-order chi connectivity index (χ1) is 5.90. The standard InChI is InChI=1S/C8H9N3S/c1-9-8-10-6-4-2-3-5-7(6)11-12-8/h2-5,11H,1H3,(H,9,10). The number of rotatable bonds is 0. The van der Waals surface area contributed by atoms with Crippen LogP contribution >= 0.6 is 11.9 Å². The molecule has 62 valence electrons. The van der Waals surface area contributed by atoms with Gasteiger partial charge in [-0.05, 0) is 12.1 Å². The average molecular weight is 179 g/mol. The Kier molecular flexibility index (Phi) is 1.91. The Balaban J connectivity index is 2.35. The second-order valence-electron chi connectivity index (χ2n) is 2.40. The molecule has 3 nitrogen and oxygen atoms in total. The van der Waals surface area contributed by atoms with E-state index in [0.29, 0.717) is 0 Å². The Bertz CT molecular complexity index is 322. The fourth-order valence-corrected chi connectivity index (χ4v) is 1.66. The summed E-state index contributed by atoms with van der Waals surface area (Å²) in [6.07, 6.45) is 0. The van der Waals surface area contributed by atoms with Crippen molar-refractivity contribution in [1.29, 1.82) is 0 Å². The molecule has 0 spiro atoms. The quantitative estimate of drug-likeness (QED) is 0.599. The Morgan fingerprint density at radius 3 is 2.75 bits per heavy atom. The molecule has 1 aromatic rings. The molecule has 0 aromatic heterocycles. The summed E-state index contributed by atoms with van der Waals surface area (Å²) in [5, 5.41) is 4.09. The van der Waals surface area contributed by atoms with Gasteiger partial charge in [0.1, 0.15) is 0 Å². The summed E-state index contributed by atoms with van der Waals surface area (Å²) < 4.78 is 3.19. The number of amidine groups is 1. The van der Waals surface area contributed by atoms with Crippen molar-refractivity contribution >= 4 is 28.5 Å². The van der Waals surface area contributed by atoms with Gasteiger partial charge in [-0.1, -0.05) is 12.1 Å². The van der Waals surface area contributed by atoms with Crippen molar-refractivity contribution in [3.8, 4) is 0 Å². The smallest absolute Gasteiger partial charge is 0.181 e. The minimum absolute atomic E-state index is 0.897. The van der Waals surface area contributed by atoms with Crippen LogP contribution in [0.15, 0.2) is 29.3 Å². The third-order valence-corrected chi connectivity index (χ3v) is 2.43. The van der Waals surface area contributed by atoms with E-state index in [-0.39, 0.29) is 0 Å². The molecule has 1 aliphatic heterocycles. The molecule has 2 rings (SSSR count). The zero-order chi connectivity index (χ0) is 8.39. The van der Waals surface area contributed by atoms with Gasteiger partial charge in [0, 0.05) is 19.0 Å². The Hall–Kier alpha value is -1.16. The van der Waals surface area contributed by atoms with E-state index in [4.69, 9.17) is 0 Å². The minimum atomic E-state index is 0.897. The lowest BCUT2D eigenvalue weighted by atomic mass is 10.3. The summed E-state index contributed by atoms with van der Waals surface area (Å²) in [6.45, 7) is 0. The van der Waals surface area contributed by atoms with E-state index >= 15 is 0 Å². The molecule has 0 radical (unpaired) electrons. The van der Waals surface area contributed by atoms with Crippen molar-refractivity contribution in [2.75, 3.05) is 17.1 Å². The third kappa shape index (κ3) is 1.25. The molecule has 1 heterocycles. The molecule has 0 amide bonds. The Morgan fingerprint density at radius 2 is 2.00 bits per heavy atom. The summed E-state index contributed by atoms with van der Waals surface area (Å²) >= 11 is 1.49. The minimum Gasteiger partial charge on any atom is -0.332 e. The number of nitrogens with zero attached hydrogens (tertiary/aromatic N) is 1. The van der Waals surface area contributed by atoms with Crippen LogP contribution in [-0.4, -0.2) is 12.2 Å². The van der Waals surface area contributed by atoms with Gasteiger partial charge in [0.15, 0.2) is 5.17 Å². The molecule has 0 atom stereocenters. The van der Waals surface area contributed by atoms with Crippen molar-refractivity contribution in [3.05, 3.63) is 24.3 Å². The van der Waals surface area contributed by atoms with Crippen LogP contribution in [0.4, 0.5) is 11.4 Å². The van der Waals surface area contributed by atoms with E-state index in [1.165, 1.54) is 11.9 Å². The van der Waals surface area contributed by atoms with E-state index in [1.807, 2.05) is 24.3 Å². The van der Waals surface area contributed by atoms with Crippen LogP contribution in [0.1, 0.15) is 0 Å². The molecule has 1 aliphatic rings. The zero-order valence-corrected chi connectivity index (χ0v) is 7.48. The molecular weight excluding hydrogens is 170 g/mol. The first-order valence-corrected chi connectivity index (χ1v) is 4.47. The van der Waals surface area contributed by atoms with Gasteiger partial charge >= 0.3 is 0 Å². The van der Waals surface area contributed by atoms with Gasteiger partial charge in [-0.15, -0.1) is 0 Å². The molecule has 1 aromatic carbocycles. The normalized spacial score (nSPS) is 17.9. The molecule has 0 fully saturated rings. The van der Waals surface area contributed by atoms with Crippen LogP contribution < -0.4 is 10.0 Å². The van der Waals surface area contributed by atoms with Crippen molar-refractivity contribution in [3.63, 3.8) is 0 Å². The predicted molar refractivity (Wildman–Crippen MR) is 54.6 cm³/mol. The number of nitrogens with one attached hydrogen (secondary N) is 2. The number of hydrogen-bond donors (Lipinski definition) is 2. The Labute approximate surface area is 75.4 Å². The maximum absolute atomic E-state index is 4.05. The molecule has 0 aliphatic carbocycles. The molecule has 2 N–H and O–H groups in total. The van der Waals surface area contributed by atoms with E-state index in [1.54, 1.807) is 7.05 Å². The largest absolute Gasteiger partial charge is 0.332 e. The van der Waals surface area contributed by atoms with Crippen LogP contribution in [0.3, 0.4) is 0 Å². The monoisotopic (exact) mass is 179 g/mol. The number of fused-ring (bicyclic) bond motifs is 1. The lowest BCUT2D eigenvalue weighted by molar-refractivity contribution is 1.44. The highest BCUT2D eigenvalue weighted by Crippen LogP contribution is 2.29. The molecule has 0 unspecified atom stereocenters. The Morgan fingerprint density at radius 1 is 1.25 bits per heavy atom. The SMILES string of the molecule is CN=C1Nc2ccccc2NS1. The van der Waals surface area contributed by atoms with Gasteiger partial charge in [0.2, 0.25) is 0 Å². The van der Waals surface area contributed by atoms with Gasteiger partial charge < -0.3 is 10.0 Å². The van der Waals surface area contributed by atoms with Gasteiger partial charge in [-0.2, -0.15) is 0 Å². The first-order valence-electron chi connectivity index (χ1n) is 3.66. The highest BCUT2D eigenvalue weighted by atomic mass is 32.2. The van der Waals surface area contributed by atoms with Crippen molar-refractivity contribution in [2.45, 2.75) is 0 Å². The number of hydrogen-bond acceptors (Lipinski definition) is 3. The predicted octanol–water partition coefficient (Wildman–Crippen LogP) is 2.16. The van der Waals surface area contributed by atoms with Gasteiger partial charge in [0.05, 0.1) is 11.4 Å². The summed E-state index contributed by atoms with van der Waals surface area (Å²) in [7, 11) is 1.77. The van der Waals surface area contributed by atoms with Crippen LogP contribution in [0.25, 0.3) is 0 Å². The maximum Gasteiger partial charge on any atom is 0.181 e. The summed E-state index contributed by atoms with van der Waals surface area (Å²) in [5.41, 5.74) is 2.19. The fourth-order valence-electron chi connectivity index (χ4n) is 1.03. The fraction of sp³-hybridized carbons (Fsp3) is 0.125. The number of benzene rings is 1. The van der Waals surface area contributed by atoms with Crippen molar-refractivity contribution in [1.82, 2.24) is 0 Å². The molecule has 4 heteroatoms. The van der Waals surface area contributed by atoms with Crippen LogP contribution in [0.2, 0.25) is 0 Å². The molecule has 0 saturated heterocycles. The van der Waals surface area contributed by atoms with Gasteiger partial charge in [0.25, 0.3) is 0 Å². The van der Waals surface area contributed by atoms with E-state index < -0.39 is 0 Å². The molecule has 0 saturated carbocycles. The zero-order valence-electron chi connectivity index (χ0n) is 6.66. The van der Waals surface area contributed by atoms with Crippen LogP contribution in [0.5, 0.6) is 0 Å². The van der Waals surface area contributed by atoms with E-state index in [2.05, 4.69) is 15.0 Å². The maximum atomic E-state index is 4.05. The lowest BCUT2D eigenvalue weighted by Gasteiger charge is -2.19. The van der Waals surface area contributed by atoms with Crippen LogP contribution in [0, 0.1) is 0 Å². The molecule has 0 bridgehead atoms. The van der Waals surface area contributed by atoms with Gasteiger partial charge in [-0.25, -0.2) is 0 Å². The van der Waals surface area contributed by atoms with Crippen molar-refractivity contribution < 1.29 is 0 Å². The first kappa shape index (κ1) is 7.49. The number of aliphatic imine (C=N–C) groups is 1. The second kappa shape index (κ2) is 3.06. The third-order valence-electron chi connectivity index (χ3n) is 1.63. The van der Waals surface area contributed by atoms with E-state index in [0.717, 1.165) is 16.5 Å². The lowest BCUT2D eigenvalue weighted by Crippen LogP contribution is -2.16. The second-order valence-corrected chi connectivity index (χ2v) is 3.20. The topological polar surface area (TPSA) is 36.4 Å². The van der Waals surface area contributed by atoms with Gasteiger partial charge in [-0.3, -0.25) is 4.99 Å². The summed E-state index contributed by atoms with van der Waals surface area (Å²) in [4.78, 5) is 4.05. The average Bonchev–Trinajstić information content (AvgIpc) is 2.17. The number of para-hydroxylation sites is 2. The highest BCUT2D eigenvalue weighted by Gasteiger charge is 2.10. The highest BCUT2D eigenvalue weighted by molar-refractivity contribution is 8.15. The molecule has 12 heavy (non-hydrogen) atoms. The molecular formula is C8H9N3S.